The molecule has 2 unspecified atom stereocenters. The first-order chi connectivity index (χ1) is 14.7. The standard InChI is InChI=1S/C24H30F2N2O3/c1-24(2,3)31-23(29)28-19(14-16-12-17(25)15-18(26)13-16)8-10-27-21-9-11-30-22-7-5-4-6-20(21)22/h4-7,12-13,15,19,21,27H,8-11,14H2,1-3H3,(H,28,29). The summed E-state index contributed by atoms with van der Waals surface area (Å²) in [6.45, 7) is 6.60. The lowest BCUT2D eigenvalue weighted by atomic mass is 9.99. The molecular weight excluding hydrogens is 402 g/mol. The van der Waals surface area contributed by atoms with Crippen LogP contribution in [-0.2, 0) is 11.2 Å². The van der Waals surface area contributed by atoms with Crippen molar-refractivity contribution in [1.29, 1.82) is 0 Å². The SMILES string of the molecule is CC(C)(C)OC(=O)NC(CCNC1CCOc2ccccc21)Cc1cc(F)cc(F)c1. The average molecular weight is 433 g/mol. The van der Waals surface area contributed by atoms with Gasteiger partial charge in [-0.25, -0.2) is 13.6 Å². The molecule has 0 radical (unpaired) electrons. The highest BCUT2D eigenvalue weighted by atomic mass is 19.1. The molecule has 0 aliphatic carbocycles. The van der Waals surface area contributed by atoms with Crippen molar-refractivity contribution in [2.75, 3.05) is 13.2 Å². The van der Waals surface area contributed by atoms with Crippen LogP contribution in [0.15, 0.2) is 42.5 Å². The van der Waals surface area contributed by atoms with Crippen LogP contribution in [0.3, 0.4) is 0 Å². The highest BCUT2D eigenvalue weighted by Crippen LogP contribution is 2.31. The molecule has 3 rings (SSSR count). The predicted octanol–water partition coefficient (Wildman–Crippen LogP) is 4.90. The largest absolute Gasteiger partial charge is 0.493 e. The van der Waals surface area contributed by atoms with Gasteiger partial charge in [0.1, 0.15) is 23.0 Å². The minimum atomic E-state index is -0.636. The van der Waals surface area contributed by atoms with Crippen molar-refractivity contribution in [3.63, 3.8) is 0 Å². The van der Waals surface area contributed by atoms with Crippen molar-refractivity contribution < 1.29 is 23.0 Å². The van der Waals surface area contributed by atoms with E-state index in [0.29, 0.717) is 31.6 Å². The van der Waals surface area contributed by atoms with Crippen LogP contribution in [0, 0.1) is 11.6 Å². The molecule has 1 amide bonds. The summed E-state index contributed by atoms with van der Waals surface area (Å²) in [5, 5.41) is 6.37. The zero-order chi connectivity index (χ0) is 22.4. The molecule has 0 saturated heterocycles. The van der Waals surface area contributed by atoms with Crippen molar-refractivity contribution in [2.24, 2.45) is 0 Å². The number of hydrogen-bond acceptors (Lipinski definition) is 4. The Hall–Kier alpha value is -2.67. The topological polar surface area (TPSA) is 59.6 Å². The third kappa shape index (κ3) is 7.21. The Morgan fingerprint density at radius 2 is 1.90 bits per heavy atom. The van der Waals surface area contributed by atoms with Gasteiger partial charge in [-0.2, -0.15) is 0 Å². The fourth-order valence-corrected chi connectivity index (χ4v) is 3.70. The monoisotopic (exact) mass is 432 g/mol. The molecule has 0 spiro atoms. The summed E-state index contributed by atoms with van der Waals surface area (Å²) in [7, 11) is 0. The second kappa shape index (κ2) is 10.1. The molecule has 1 heterocycles. The minimum absolute atomic E-state index is 0.152. The van der Waals surface area contributed by atoms with Gasteiger partial charge < -0.3 is 20.1 Å². The van der Waals surface area contributed by atoms with Crippen LogP contribution in [0.4, 0.5) is 13.6 Å². The minimum Gasteiger partial charge on any atom is -0.493 e. The average Bonchev–Trinajstić information content (AvgIpc) is 2.65. The molecule has 0 saturated carbocycles. The van der Waals surface area contributed by atoms with Crippen molar-refractivity contribution in [3.05, 3.63) is 65.2 Å². The zero-order valence-corrected chi connectivity index (χ0v) is 18.2. The maximum Gasteiger partial charge on any atom is 0.407 e. The van der Waals surface area contributed by atoms with Crippen molar-refractivity contribution >= 4 is 6.09 Å². The van der Waals surface area contributed by atoms with E-state index >= 15 is 0 Å². The first kappa shape index (κ1) is 23.0. The van der Waals surface area contributed by atoms with E-state index in [9.17, 15) is 13.6 Å². The Kier molecular flexibility index (Phi) is 7.49. The molecule has 0 fully saturated rings. The van der Waals surface area contributed by atoms with Crippen molar-refractivity contribution in [1.82, 2.24) is 10.6 Å². The van der Waals surface area contributed by atoms with Gasteiger partial charge in [0.25, 0.3) is 0 Å². The summed E-state index contributed by atoms with van der Waals surface area (Å²) in [6.07, 6.45) is 1.15. The maximum atomic E-state index is 13.6. The van der Waals surface area contributed by atoms with E-state index in [0.717, 1.165) is 23.8 Å². The van der Waals surface area contributed by atoms with E-state index in [1.165, 1.54) is 12.1 Å². The van der Waals surface area contributed by atoms with Crippen LogP contribution < -0.4 is 15.4 Å². The molecule has 7 heteroatoms. The van der Waals surface area contributed by atoms with Gasteiger partial charge in [-0.3, -0.25) is 0 Å². The van der Waals surface area contributed by atoms with Crippen LogP contribution in [0.5, 0.6) is 5.75 Å². The van der Waals surface area contributed by atoms with E-state index in [1.807, 2.05) is 24.3 Å². The smallest absolute Gasteiger partial charge is 0.407 e. The number of ether oxygens (including phenoxy) is 2. The first-order valence-corrected chi connectivity index (χ1v) is 10.6. The van der Waals surface area contributed by atoms with Crippen molar-refractivity contribution in [2.45, 2.75) is 57.7 Å². The molecule has 2 atom stereocenters. The second-order valence-electron chi connectivity index (χ2n) is 8.80. The van der Waals surface area contributed by atoms with Gasteiger partial charge in [-0.1, -0.05) is 18.2 Å². The molecule has 2 aromatic rings. The number of nitrogens with one attached hydrogen (secondary N) is 2. The van der Waals surface area contributed by atoms with E-state index in [2.05, 4.69) is 10.6 Å². The summed E-state index contributed by atoms with van der Waals surface area (Å²) in [5.74, 6) is -0.393. The summed E-state index contributed by atoms with van der Waals surface area (Å²) in [4.78, 5) is 12.3. The molecule has 5 nitrogen and oxygen atoms in total. The van der Waals surface area contributed by atoms with E-state index in [-0.39, 0.29) is 12.1 Å². The summed E-state index contributed by atoms with van der Waals surface area (Å²) < 4.78 is 38.3. The first-order valence-electron chi connectivity index (χ1n) is 10.6. The molecule has 0 aromatic heterocycles. The number of amides is 1. The molecule has 2 aromatic carbocycles. The number of hydrogen-bond donors (Lipinski definition) is 2. The number of halogens is 2. The van der Waals surface area contributed by atoms with Crippen LogP contribution >= 0.6 is 0 Å². The van der Waals surface area contributed by atoms with Crippen molar-refractivity contribution in [3.8, 4) is 5.75 Å². The molecule has 168 valence electrons. The van der Waals surface area contributed by atoms with Gasteiger partial charge in [0.2, 0.25) is 0 Å². The Morgan fingerprint density at radius 1 is 1.19 bits per heavy atom. The van der Waals surface area contributed by atoms with Gasteiger partial charge in [0, 0.05) is 30.1 Å². The normalized spacial score (nSPS) is 16.7. The number of carbonyl (C=O) groups excluding carboxylic acids is 1. The second-order valence-corrected chi connectivity index (χ2v) is 8.80. The van der Waals surface area contributed by atoms with Gasteiger partial charge in [0.15, 0.2) is 0 Å². The van der Waals surface area contributed by atoms with Gasteiger partial charge in [0.05, 0.1) is 6.61 Å². The fraction of sp³-hybridized carbons (Fsp3) is 0.458. The molecule has 2 N–H and O–H groups in total. The number of rotatable bonds is 7. The third-order valence-electron chi connectivity index (χ3n) is 4.97. The van der Waals surface area contributed by atoms with Crippen LogP contribution in [0.2, 0.25) is 0 Å². The van der Waals surface area contributed by atoms with E-state index in [1.54, 1.807) is 20.8 Å². The summed E-state index contributed by atoms with van der Waals surface area (Å²) in [5.41, 5.74) is 0.955. The molecular formula is C24H30F2N2O3. The van der Waals surface area contributed by atoms with Crippen LogP contribution in [0.1, 0.15) is 50.8 Å². The lowest BCUT2D eigenvalue weighted by molar-refractivity contribution is 0.0501. The van der Waals surface area contributed by atoms with Crippen LogP contribution in [-0.4, -0.2) is 30.9 Å². The Bertz CT molecular complexity index is 878. The molecule has 1 aliphatic heterocycles. The Labute approximate surface area is 182 Å². The highest BCUT2D eigenvalue weighted by molar-refractivity contribution is 5.68. The summed E-state index contributed by atoms with van der Waals surface area (Å²) >= 11 is 0. The van der Waals surface area contributed by atoms with Gasteiger partial charge in [-0.15, -0.1) is 0 Å². The van der Waals surface area contributed by atoms with Crippen LogP contribution in [0.25, 0.3) is 0 Å². The van der Waals surface area contributed by atoms with Gasteiger partial charge >= 0.3 is 6.09 Å². The van der Waals surface area contributed by atoms with E-state index in [4.69, 9.17) is 9.47 Å². The lowest BCUT2D eigenvalue weighted by Gasteiger charge is -2.28. The van der Waals surface area contributed by atoms with E-state index < -0.39 is 23.3 Å². The molecule has 31 heavy (non-hydrogen) atoms. The summed E-state index contributed by atoms with van der Waals surface area (Å²) in [6, 6.07) is 11.1. The Morgan fingerprint density at radius 3 is 2.61 bits per heavy atom. The highest BCUT2D eigenvalue weighted by Gasteiger charge is 2.23. The number of benzene rings is 2. The zero-order valence-electron chi connectivity index (χ0n) is 18.2. The predicted molar refractivity (Wildman–Crippen MR) is 115 cm³/mol. The number of carbonyl (C=O) groups is 1. The number of fused-ring (bicyclic) bond motifs is 1. The quantitative estimate of drug-likeness (QED) is 0.653. The third-order valence-corrected chi connectivity index (χ3v) is 4.97. The number of alkyl carbamates (subject to hydrolysis) is 1. The Balaban J connectivity index is 1.64. The molecule has 0 bridgehead atoms. The molecule has 1 aliphatic rings. The van der Waals surface area contributed by atoms with Gasteiger partial charge in [-0.05, 0) is 63.9 Å². The maximum absolute atomic E-state index is 13.6. The fourth-order valence-electron chi connectivity index (χ4n) is 3.70. The lowest BCUT2D eigenvalue weighted by Crippen LogP contribution is -2.42. The number of para-hydroxylation sites is 1.